The van der Waals surface area contributed by atoms with E-state index >= 15 is 0 Å². The molecular formula is C22H25ClFN3O3. The molecule has 3 rings (SSSR count). The number of carbonyl (C=O) groups excluding carboxylic acids is 2. The molecule has 0 aromatic heterocycles. The minimum Gasteiger partial charge on any atom is -0.495 e. The van der Waals surface area contributed by atoms with Crippen LogP contribution in [0.5, 0.6) is 5.75 Å². The van der Waals surface area contributed by atoms with Crippen molar-refractivity contribution < 1.29 is 18.7 Å². The van der Waals surface area contributed by atoms with Crippen LogP contribution in [-0.2, 0) is 4.79 Å². The first-order valence-corrected chi connectivity index (χ1v) is 10.1. The summed E-state index contributed by atoms with van der Waals surface area (Å²) in [4.78, 5) is 28.7. The lowest BCUT2D eigenvalue weighted by Crippen LogP contribution is -2.50. The van der Waals surface area contributed by atoms with Crippen LogP contribution in [0.4, 0.5) is 10.1 Å². The monoisotopic (exact) mass is 433 g/mol. The first-order valence-electron chi connectivity index (χ1n) is 9.70. The highest BCUT2D eigenvalue weighted by Crippen LogP contribution is 2.30. The largest absolute Gasteiger partial charge is 0.495 e. The summed E-state index contributed by atoms with van der Waals surface area (Å²) in [7, 11) is 1.52. The summed E-state index contributed by atoms with van der Waals surface area (Å²) < 4.78 is 19.0. The van der Waals surface area contributed by atoms with E-state index in [4.69, 9.17) is 16.3 Å². The van der Waals surface area contributed by atoms with Crippen molar-refractivity contribution >= 4 is 29.1 Å². The summed E-state index contributed by atoms with van der Waals surface area (Å²) in [5.41, 5.74) is 2.26. The average Bonchev–Trinajstić information content (AvgIpc) is 2.72. The lowest BCUT2D eigenvalue weighted by molar-refractivity contribution is -0.117. The smallest absolute Gasteiger partial charge is 0.254 e. The zero-order chi connectivity index (χ0) is 21.8. The number of nitrogens with one attached hydrogen (secondary N) is 1. The van der Waals surface area contributed by atoms with E-state index in [0.29, 0.717) is 53.8 Å². The van der Waals surface area contributed by atoms with Gasteiger partial charge in [0.15, 0.2) is 0 Å². The number of methoxy groups -OCH3 is 1. The van der Waals surface area contributed by atoms with Gasteiger partial charge < -0.3 is 15.0 Å². The van der Waals surface area contributed by atoms with Gasteiger partial charge in [-0.25, -0.2) is 4.39 Å². The molecule has 0 bridgehead atoms. The van der Waals surface area contributed by atoms with Gasteiger partial charge in [-0.3, -0.25) is 14.5 Å². The Morgan fingerprint density at radius 3 is 2.43 bits per heavy atom. The lowest BCUT2D eigenvalue weighted by Gasteiger charge is -2.34. The number of piperazine rings is 1. The van der Waals surface area contributed by atoms with E-state index < -0.39 is 0 Å². The Kier molecular flexibility index (Phi) is 6.95. The molecule has 8 heteroatoms. The Hall–Kier alpha value is -2.64. The van der Waals surface area contributed by atoms with Crippen molar-refractivity contribution in [3.8, 4) is 5.75 Å². The van der Waals surface area contributed by atoms with Gasteiger partial charge >= 0.3 is 0 Å². The van der Waals surface area contributed by atoms with E-state index in [0.717, 1.165) is 5.56 Å². The molecular weight excluding hydrogens is 409 g/mol. The van der Waals surface area contributed by atoms with Gasteiger partial charge in [-0.15, -0.1) is 0 Å². The van der Waals surface area contributed by atoms with Crippen molar-refractivity contribution in [2.45, 2.75) is 13.8 Å². The van der Waals surface area contributed by atoms with E-state index in [1.807, 2.05) is 11.8 Å². The molecule has 0 spiro atoms. The fourth-order valence-corrected chi connectivity index (χ4v) is 3.49. The Labute approximate surface area is 180 Å². The maximum atomic E-state index is 13.8. The molecule has 0 radical (unpaired) electrons. The molecule has 30 heavy (non-hydrogen) atoms. The summed E-state index contributed by atoms with van der Waals surface area (Å²) >= 11 is 6.10. The van der Waals surface area contributed by atoms with Crippen LogP contribution in [0.15, 0.2) is 30.3 Å². The maximum Gasteiger partial charge on any atom is 0.254 e. The highest BCUT2D eigenvalue weighted by Gasteiger charge is 2.24. The fraction of sp³-hybridized carbons (Fsp3) is 0.364. The van der Waals surface area contributed by atoms with Crippen molar-refractivity contribution in [1.82, 2.24) is 9.80 Å². The predicted molar refractivity (Wildman–Crippen MR) is 115 cm³/mol. The molecule has 1 aliphatic rings. The number of nitrogens with zero attached hydrogens (tertiary/aromatic N) is 2. The van der Waals surface area contributed by atoms with Gasteiger partial charge in [-0.1, -0.05) is 17.7 Å². The Morgan fingerprint density at radius 2 is 1.80 bits per heavy atom. The molecule has 0 saturated carbocycles. The molecule has 6 nitrogen and oxygen atoms in total. The van der Waals surface area contributed by atoms with Crippen LogP contribution < -0.4 is 10.1 Å². The van der Waals surface area contributed by atoms with Crippen LogP contribution >= 0.6 is 11.6 Å². The van der Waals surface area contributed by atoms with Gasteiger partial charge in [-0.2, -0.15) is 0 Å². The zero-order valence-corrected chi connectivity index (χ0v) is 18.1. The summed E-state index contributed by atoms with van der Waals surface area (Å²) in [6.07, 6.45) is 0. The number of hydrogen-bond donors (Lipinski definition) is 1. The Morgan fingerprint density at radius 1 is 1.10 bits per heavy atom. The summed E-state index contributed by atoms with van der Waals surface area (Å²) in [5, 5.41) is 3.43. The SMILES string of the molecule is COc1cc(Cl)c(C)cc1NC(=O)CN1CCN(C(=O)c2ccc(C)c(F)c2)CC1. The number of halogens is 2. The van der Waals surface area contributed by atoms with E-state index in [-0.39, 0.29) is 24.2 Å². The number of rotatable bonds is 5. The maximum absolute atomic E-state index is 13.8. The average molecular weight is 434 g/mol. The van der Waals surface area contributed by atoms with Crippen LogP contribution in [0.2, 0.25) is 5.02 Å². The number of hydrogen-bond acceptors (Lipinski definition) is 4. The van der Waals surface area contributed by atoms with Crippen molar-refractivity contribution in [2.75, 3.05) is 45.2 Å². The van der Waals surface area contributed by atoms with E-state index in [1.165, 1.54) is 13.2 Å². The van der Waals surface area contributed by atoms with Crippen LogP contribution in [0.25, 0.3) is 0 Å². The number of carbonyl (C=O) groups is 2. The summed E-state index contributed by atoms with van der Waals surface area (Å²) in [6.45, 7) is 5.79. The highest BCUT2D eigenvalue weighted by atomic mass is 35.5. The first kappa shape index (κ1) is 22.1. The molecule has 0 unspecified atom stereocenters. The fourth-order valence-electron chi connectivity index (χ4n) is 3.34. The standard InChI is InChI=1S/C22H25ClFN3O3/c1-14-4-5-16(11-18(14)24)22(29)27-8-6-26(7-9-27)13-21(28)25-19-10-15(2)17(23)12-20(19)30-3/h4-5,10-12H,6-9,13H2,1-3H3,(H,25,28). The Bertz CT molecular complexity index is 959. The van der Waals surface area contributed by atoms with Gasteiger partial charge in [-0.05, 0) is 43.2 Å². The predicted octanol–water partition coefficient (Wildman–Crippen LogP) is 3.50. The van der Waals surface area contributed by atoms with Crippen molar-refractivity contribution in [1.29, 1.82) is 0 Å². The normalized spacial score (nSPS) is 14.5. The van der Waals surface area contributed by atoms with E-state index in [9.17, 15) is 14.0 Å². The molecule has 2 aromatic carbocycles. The van der Waals surface area contributed by atoms with Crippen LogP contribution in [0.1, 0.15) is 21.5 Å². The van der Waals surface area contributed by atoms with Crippen LogP contribution in [0, 0.1) is 19.7 Å². The molecule has 1 aliphatic heterocycles. The van der Waals surface area contributed by atoms with Crippen molar-refractivity contribution in [2.24, 2.45) is 0 Å². The second-order valence-corrected chi connectivity index (χ2v) is 7.79. The number of ether oxygens (including phenoxy) is 1. The van der Waals surface area contributed by atoms with Crippen molar-refractivity contribution in [3.05, 3.63) is 57.9 Å². The molecule has 1 fully saturated rings. The topological polar surface area (TPSA) is 61.9 Å². The summed E-state index contributed by atoms with van der Waals surface area (Å²) in [6, 6.07) is 7.97. The molecule has 2 aromatic rings. The van der Waals surface area contributed by atoms with Gasteiger partial charge in [0.05, 0.1) is 19.3 Å². The third kappa shape index (κ3) is 5.09. The van der Waals surface area contributed by atoms with E-state index in [2.05, 4.69) is 5.32 Å². The summed E-state index contributed by atoms with van der Waals surface area (Å²) in [5.74, 6) is -0.251. The molecule has 2 amide bonds. The number of anilines is 1. The molecule has 0 atom stereocenters. The number of benzene rings is 2. The first-order chi connectivity index (χ1) is 14.3. The van der Waals surface area contributed by atoms with Gasteiger partial charge in [0.25, 0.3) is 5.91 Å². The molecule has 0 aliphatic carbocycles. The van der Waals surface area contributed by atoms with Crippen molar-refractivity contribution in [3.63, 3.8) is 0 Å². The Balaban J connectivity index is 1.54. The lowest BCUT2D eigenvalue weighted by atomic mass is 10.1. The highest BCUT2D eigenvalue weighted by molar-refractivity contribution is 6.31. The van der Waals surface area contributed by atoms with Crippen LogP contribution in [-0.4, -0.2) is 61.4 Å². The number of amides is 2. The minimum absolute atomic E-state index is 0.171. The zero-order valence-electron chi connectivity index (χ0n) is 17.3. The quantitative estimate of drug-likeness (QED) is 0.784. The molecule has 1 saturated heterocycles. The molecule has 1 N–H and O–H groups in total. The molecule has 160 valence electrons. The molecule has 1 heterocycles. The second-order valence-electron chi connectivity index (χ2n) is 7.38. The van der Waals surface area contributed by atoms with Gasteiger partial charge in [0.1, 0.15) is 11.6 Å². The second kappa shape index (κ2) is 9.45. The van der Waals surface area contributed by atoms with Gasteiger partial charge in [0.2, 0.25) is 5.91 Å². The third-order valence-electron chi connectivity index (χ3n) is 5.20. The van der Waals surface area contributed by atoms with E-state index in [1.54, 1.807) is 36.1 Å². The van der Waals surface area contributed by atoms with Crippen LogP contribution in [0.3, 0.4) is 0 Å². The van der Waals surface area contributed by atoms with Gasteiger partial charge in [0, 0.05) is 42.8 Å². The number of aryl methyl sites for hydroxylation is 2. The minimum atomic E-state index is -0.385. The third-order valence-corrected chi connectivity index (χ3v) is 5.61.